The summed E-state index contributed by atoms with van der Waals surface area (Å²) in [5.41, 5.74) is 3.10. The van der Waals surface area contributed by atoms with Gasteiger partial charge in [-0.25, -0.2) is 4.57 Å². The van der Waals surface area contributed by atoms with Crippen LogP contribution in [0.25, 0.3) is 11.3 Å². The Morgan fingerprint density at radius 2 is 2.13 bits per heavy atom. The largest absolute Gasteiger partial charge is 0.212 e. The second kappa shape index (κ2) is 3.85. The molecule has 2 rings (SSSR count). The Bertz CT molecular complexity index is 617. The van der Waals surface area contributed by atoms with Gasteiger partial charge in [0.2, 0.25) is 5.69 Å². The molecule has 0 spiro atoms. The van der Waals surface area contributed by atoms with Gasteiger partial charge in [-0.15, -0.1) is 0 Å². The fourth-order valence-electron chi connectivity index (χ4n) is 1.70. The van der Waals surface area contributed by atoms with Crippen molar-refractivity contribution in [3.63, 3.8) is 0 Å². The van der Waals surface area contributed by atoms with Crippen molar-refractivity contribution >= 4 is 0 Å². The molecule has 1 heteroatoms. The van der Waals surface area contributed by atoms with Gasteiger partial charge in [0.05, 0.1) is 0 Å². The molecule has 1 heterocycles. The molecular weight excluding hydrogens is 182 g/mol. The quantitative estimate of drug-likeness (QED) is 0.626. The van der Waals surface area contributed by atoms with Crippen LogP contribution < -0.4 is 4.57 Å². The molecule has 76 valence electrons. The number of nitrogens with zero attached hydrogens (tertiary/aromatic N) is 1. The summed E-state index contributed by atoms with van der Waals surface area (Å²) in [6.45, 7) is -0.191. The fourth-order valence-corrected chi connectivity index (χ4v) is 1.70. The predicted molar refractivity (Wildman–Crippen MR) is 62.5 cm³/mol. The summed E-state index contributed by atoms with van der Waals surface area (Å²) in [5.74, 6) is 0. The highest BCUT2D eigenvalue weighted by atomic mass is 14.9. The van der Waals surface area contributed by atoms with E-state index in [0.717, 1.165) is 16.8 Å². The van der Waals surface area contributed by atoms with E-state index in [2.05, 4.69) is 0 Å². The van der Waals surface area contributed by atoms with Crippen LogP contribution in [0, 0.1) is 13.8 Å². The minimum atomic E-state index is -2.08. The Kier molecular flexibility index (Phi) is 1.56. The zero-order valence-corrected chi connectivity index (χ0v) is 8.91. The standard InChI is InChI=1S/C14H16N/c1-11-7-8-13(12(2)10-11)14-6-4-5-9-15(14)3/h4-10H,1-3H3/q+1/i1D3,9D. The van der Waals surface area contributed by atoms with Gasteiger partial charge in [-0.2, -0.15) is 0 Å². The first kappa shape index (κ1) is 6.06. The SMILES string of the molecule is [2H]c1cccc(-c2ccc(C([2H])([2H])[2H])cc2C)[n+]1C. The van der Waals surface area contributed by atoms with Gasteiger partial charge in [-0.1, -0.05) is 17.7 Å². The second-order valence-corrected chi connectivity index (χ2v) is 3.63. The van der Waals surface area contributed by atoms with E-state index in [1.807, 2.05) is 32.2 Å². The lowest BCUT2D eigenvalue weighted by molar-refractivity contribution is -0.660. The van der Waals surface area contributed by atoms with Crippen LogP contribution >= 0.6 is 0 Å². The smallest absolute Gasteiger partial charge is 0.201 e. The zero-order valence-electron chi connectivity index (χ0n) is 12.9. The highest BCUT2D eigenvalue weighted by Gasteiger charge is 2.10. The highest BCUT2D eigenvalue weighted by molar-refractivity contribution is 5.61. The topological polar surface area (TPSA) is 3.88 Å². The number of aryl methyl sites for hydroxylation is 2. The van der Waals surface area contributed by atoms with Gasteiger partial charge in [0, 0.05) is 21.8 Å². The average molecular weight is 202 g/mol. The molecule has 0 fully saturated rings. The van der Waals surface area contributed by atoms with E-state index in [4.69, 9.17) is 5.48 Å². The number of hydrogen-bond acceptors (Lipinski definition) is 0. The highest BCUT2D eigenvalue weighted by Crippen LogP contribution is 2.20. The number of rotatable bonds is 1. The Labute approximate surface area is 96.6 Å². The molecule has 15 heavy (non-hydrogen) atoms. The van der Waals surface area contributed by atoms with Crippen LogP contribution in [0.3, 0.4) is 0 Å². The number of hydrogen-bond donors (Lipinski definition) is 0. The fraction of sp³-hybridized carbons (Fsp3) is 0.214. The van der Waals surface area contributed by atoms with Crippen molar-refractivity contribution in [1.29, 1.82) is 0 Å². The van der Waals surface area contributed by atoms with Crippen LogP contribution in [-0.4, -0.2) is 0 Å². The van der Waals surface area contributed by atoms with Crippen LogP contribution in [0.2, 0.25) is 0 Å². The molecule has 0 radical (unpaired) electrons. The summed E-state index contributed by atoms with van der Waals surface area (Å²) in [7, 11) is 1.83. The van der Waals surface area contributed by atoms with E-state index in [-0.39, 0.29) is 0 Å². The van der Waals surface area contributed by atoms with Gasteiger partial charge in [-0.05, 0) is 31.5 Å². The van der Waals surface area contributed by atoms with Gasteiger partial charge in [0.25, 0.3) is 0 Å². The molecule has 0 aliphatic carbocycles. The molecule has 0 unspecified atom stereocenters. The van der Waals surface area contributed by atoms with Crippen molar-refractivity contribution in [2.45, 2.75) is 13.8 Å². The van der Waals surface area contributed by atoms with Crippen molar-refractivity contribution in [3.8, 4) is 11.3 Å². The van der Waals surface area contributed by atoms with E-state index in [0.29, 0.717) is 11.7 Å². The molecule has 0 atom stereocenters. The molecule has 1 aromatic carbocycles. The van der Waals surface area contributed by atoms with Gasteiger partial charge >= 0.3 is 0 Å². The maximum absolute atomic E-state index is 7.79. The molecule has 0 aliphatic rings. The zero-order chi connectivity index (χ0) is 14.2. The minimum Gasteiger partial charge on any atom is -0.201 e. The normalized spacial score (nSPS) is 15.1. The Morgan fingerprint density at radius 3 is 2.87 bits per heavy atom. The van der Waals surface area contributed by atoms with Gasteiger partial charge in [0.1, 0.15) is 8.42 Å². The molecule has 1 nitrogen and oxygen atoms in total. The van der Waals surface area contributed by atoms with Crippen molar-refractivity contribution < 1.29 is 10.1 Å². The monoisotopic (exact) mass is 202 g/mol. The van der Waals surface area contributed by atoms with Crippen LogP contribution in [0.4, 0.5) is 0 Å². The third-order valence-electron chi connectivity index (χ3n) is 2.48. The molecule has 0 saturated carbocycles. The van der Waals surface area contributed by atoms with Gasteiger partial charge in [-0.3, -0.25) is 0 Å². The lowest BCUT2D eigenvalue weighted by Crippen LogP contribution is -2.30. The van der Waals surface area contributed by atoms with Gasteiger partial charge < -0.3 is 0 Å². The first-order valence-electron chi connectivity index (χ1n) is 6.88. The summed E-state index contributed by atoms with van der Waals surface area (Å²) in [5, 5.41) is 0. The molecule has 1 aromatic heterocycles. The molecule has 0 amide bonds. The maximum Gasteiger partial charge on any atom is 0.212 e. The van der Waals surface area contributed by atoms with Crippen molar-refractivity contribution in [1.82, 2.24) is 0 Å². The lowest BCUT2D eigenvalue weighted by Gasteiger charge is -2.04. The van der Waals surface area contributed by atoms with Gasteiger partial charge in [0.15, 0.2) is 6.17 Å². The molecule has 2 aromatic rings. The summed E-state index contributed by atoms with van der Waals surface area (Å²) in [4.78, 5) is 0. The Morgan fingerprint density at radius 1 is 1.27 bits per heavy atom. The second-order valence-electron chi connectivity index (χ2n) is 3.63. The predicted octanol–water partition coefficient (Wildman–Crippen LogP) is 2.79. The van der Waals surface area contributed by atoms with Crippen molar-refractivity contribution in [2.75, 3.05) is 0 Å². The summed E-state index contributed by atoms with van der Waals surface area (Å²) in [6.07, 6.45) is 0.414. The van der Waals surface area contributed by atoms with Crippen LogP contribution in [0.5, 0.6) is 0 Å². The minimum absolute atomic E-state index is 0.346. The van der Waals surface area contributed by atoms with Crippen LogP contribution in [0.15, 0.2) is 42.6 Å². The van der Waals surface area contributed by atoms with E-state index in [1.54, 1.807) is 22.8 Å². The Hall–Kier alpha value is -1.63. The van der Waals surface area contributed by atoms with Crippen molar-refractivity contribution in [2.24, 2.45) is 7.05 Å². The van der Waals surface area contributed by atoms with Crippen LogP contribution in [0.1, 0.15) is 16.6 Å². The van der Waals surface area contributed by atoms with E-state index in [1.165, 1.54) is 0 Å². The van der Waals surface area contributed by atoms with Crippen molar-refractivity contribution in [3.05, 3.63) is 53.7 Å². The van der Waals surface area contributed by atoms with E-state index in [9.17, 15) is 0 Å². The summed E-state index contributed by atoms with van der Waals surface area (Å²) in [6, 6.07) is 10.6. The van der Waals surface area contributed by atoms with E-state index < -0.39 is 6.85 Å². The molecule has 0 saturated heterocycles. The van der Waals surface area contributed by atoms with Crippen LogP contribution in [-0.2, 0) is 7.05 Å². The first-order valence-corrected chi connectivity index (χ1v) is 4.88. The molecular formula is C14H16N+. The third kappa shape index (κ3) is 1.91. The average Bonchev–Trinajstić information content (AvgIpc) is 2.32. The Balaban J connectivity index is 2.56. The molecule has 0 N–H and O–H groups in total. The summed E-state index contributed by atoms with van der Waals surface area (Å²) < 4.78 is 31.8. The third-order valence-corrected chi connectivity index (χ3v) is 2.48. The lowest BCUT2D eigenvalue weighted by atomic mass is 10.0. The first-order chi connectivity index (χ1) is 8.80. The molecule has 0 aliphatic heterocycles. The maximum atomic E-state index is 7.79. The van der Waals surface area contributed by atoms with E-state index >= 15 is 0 Å². The molecule has 0 bridgehead atoms. The summed E-state index contributed by atoms with van der Waals surface area (Å²) >= 11 is 0. The number of benzene rings is 1. The number of pyridine rings is 1. The number of aromatic nitrogens is 1.